The molecule has 2 saturated heterocycles. The van der Waals surface area contributed by atoms with E-state index in [0.717, 1.165) is 22.3 Å². The van der Waals surface area contributed by atoms with Gasteiger partial charge in [0.2, 0.25) is 0 Å². The molecule has 15 atom stereocenters. The van der Waals surface area contributed by atoms with E-state index in [9.17, 15) is 25.5 Å². The number of nitrogens with two attached hydrogens (primary N) is 4. The Bertz CT molecular complexity index is 1310. The predicted molar refractivity (Wildman–Crippen MR) is 175 cm³/mol. The van der Waals surface area contributed by atoms with Crippen LogP contribution >= 0.6 is 0 Å². The van der Waals surface area contributed by atoms with Crippen LogP contribution in [0.2, 0.25) is 0 Å². The van der Waals surface area contributed by atoms with E-state index in [0.29, 0.717) is 6.61 Å². The molecule has 1 saturated carbocycles. The van der Waals surface area contributed by atoms with Crippen molar-refractivity contribution >= 4 is 0 Å². The van der Waals surface area contributed by atoms with Crippen molar-refractivity contribution in [3.05, 3.63) is 70.8 Å². The van der Waals surface area contributed by atoms with Gasteiger partial charge in [-0.15, -0.1) is 0 Å². The first-order valence-corrected chi connectivity index (χ1v) is 16.7. The fourth-order valence-corrected chi connectivity index (χ4v) is 6.45. The Morgan fingerprint density at radius 2 is 1.14 bits per heavy atom. The Hall–Kier alpha value is -2.16. The second-order valence-corrected chi connectivity index (χ2v) is 13.4. The molecule has 15 nitrogen and oxygen atoms in total. The first-order valence-electron chi connectivity index (χ1n) is 16.7. The van der Waals surface area contributed by atoms with Gasteiger partial charge in [-0.05, 0) is 31.4 Å². The lowest BCUT2D eigenvalue weighted by atomic mass is 9.84. The molecule has 0 aromatic heterocycles. The van der Waals surface area contributed by atoms with Gasteiger partial charge in [0, 0.05) is 18.6 Å². The molecule has 2 aromatic rings. The maximum Gasteiger partial charge on any atom is 0.187 e. The van der Waals surface area contributed by atoms with Gasteiger partial charge in [-0.3, -0.25) is 0 Å². The molecular formula is C34H52N4O11. The van der Waals surface area contributed by atoms with Crippen LogP contribution in [0.4, 0.5) is 0 Å². The number of rotatable bonds is 12. The van der Waals surface area contributed by atoms with Gasteiger partial charge < -0.3 is 76.9 Å². The maximum atomic E-state index is 11.4. The van der Waals surface area contributed by atoms with Crippen LogP contribution in [0.15, 0.2) is 48.5 Å². The molecule has 15 heteroatoms. The van der Waals surface area contributed by atoms with Crippen LogP contribution < -0.4 is 22.9 Å². The van der Waals surface area contributed by atoms with Gasteiger partial charge in [-0.2, -0.15) is 0 Å². The topological polar surface area (TPSA) is 261 Å². The molecule has 2 aliphatic heterocycles. The Labute approximate surface area is 286 Å². The van der Waals surface area contributed by atoms with Crippen LogP contribution in [0.25, 0.3) is 0 Å². The summed E-state index contributed by atoms with van der Waals surface area (Å²) < 4.78 is 36.1. The highest BCUT2D eigenvalue weighted by molar-refractivity contribution is 5.21. The van der Waals surface area contributed by atoms with Crippen LogP contribution in [0, 0.1) is 13.8 Å². The van der Waals surface area contributed by atoms with Crippen molar-refractivity contribution in [2.45, 2.75) is 125 Å². The third-order valence-electron chi connectivity index (χ3n) is 9.51. The highest BCUT2D eigenvalue weighted by atomic mass is 16.7. The van der Waals surface area contributed by atoms with Crippen LogP contribution in [-0.2, 0) is 41.6 Å². The van der Waals surface area contributed by atoms with E-state index in [1.807, 2.05) is 62.4 Å². The van der Waals surface area contributed by atoms with E-state index in [-0.39, 0.29) is 26.2 Å². The monoisotopic (exact) mass is 692 g/mol. The van der Waals surface area contributed by atoms with Gasteiger partial charge in [0.05, 0.1) is 25.9 Å². The van der Waals surface area contributed by atoms with E-state index in [2.05, 4.69) is 0 Å². The summed E-state index contributed by atoms with van der Waals surface area (Å²) in [5, 5.41) is 53.8. The van der Waals surface area contributed by atoms with Crippen molar-refractivity contribution in [2.24, 2.45) is 22.9 Å². The number of hydrogen-bond acceptors (Lipinski definition) is 15. The zero-order valence-electron chi connectivity index (χ0n) is 27.8. The van der Waals surface area contributed by atoms with Crippen molar-refractivity contribution in [1.82, 2.24) is 0 Å². The lowest BCUT2D eigenvalue weighted by molar-refractivity contribution is -0.334. The minimum absolute atomic E-state index is 0.0516. The molecule has 0 bridgehead atoms. The summed E-state index contributed by atoms with van der Waals surface area (Å²) in [6, 6.07) is 13.1. The quantitative estimate of drug-likeness (QED) is 0.114. The average Bonchev–Trinajstić information content (AvgIpc) is 3.08. The summed E-state index contributed by atoms with van der Waals surface area (Å²) >= 11 is 0. The molecule has 49 heavy (non-hydrogen) atoms. The molecule has 0 unspecified atom stereocenters. The lowest BCUT2D eigenvalue weighted by Crippen LogP contribution is -2.68. The normalized spacial score (nSPS) is 39.9. The van der Waals surface area contributed by atoms with Gasteiger partial charge in [0.15, 0.2) is 12.6 Å². The maximum absolute atomic E-state index is 11.4. The van der Waals surface area contributed by atoms with Crippen LogP contribution in [-0.4, -0.2) is 130 Å². The molecule has 2 aromatic carbocycles. The summed E-state index contributed by atoms with van der Waals surface area (Å²) in [6.45, 7) is 4.39. The second-order valence-electron chi connectivity index (χ2n) is 13.4. The number of benzene rings is 2. The van der Waals surface area contributed by atoms with Crippen molar-refractivity contribution in [3.8, 4) is 0 Å². The molecular weight excluding hydrogens is 640 g/mol. The van der Waals surface area contributed by atoms with Crippen molar-refractivity contribution in [1.29, 1.82) is 0 Å². The highest BCUT2D eigenvalue weighted by Crippen LogP contribution is 2.32. The summed E-state index contributed by atoms with van der Waals surface area (Å²) in [6.07, 6.45) is -15.3. The number of aryl methyl sites for hydroxylation is 2. The van der Waals surface area contributed by atoms with E-state index in [1.165, 1.54) is 0 Å². The molecule has 5 rings (SSSR count). The van der Waals surface area contributed by atoms with E-state index in [1.54, 1.807) is 0 Å². The first-order chi connectivity index (χ1) is 23.4. The number of aliphatic hydroxyl groups is 5. The first kappa shape index (κ1) is 38.1. The SMILES string of the molecule is Cc1ccc(COC[C@H]2O[C@H](O[C@@H]3[C@@H](O)[C@H](O[C@H]4O[C@H](CN)[C@@H](O)[C@H](O)[C@H]4O)[C@@H](N)C[C@H]3N)[C@H](O)[C@@H](N)[C@@H]2OCc2ccc(C)cc2)cc1. The summed E-state index contributed by atoms with van der Waals surface area (Å²) in [4.78, 5) is 0. The van der Waals surface area contributed by atoms with Crippen molar-refractivity contribution in [2.75, 3.05) is 13.2 Å². The van der Waals surface area contributed by atoms with Gasteiger partial charge >= 0.3 is 0 Å². The van der Waals surface area contributed by atoms with Crippen molar-refractivity contribution in [3.63, 3.8) is 0 Å². The zero-order valence-corrected chi connectivity index (χ0v) is 27.8. The Morgan fingerprint density at radius 3 is 1.69 bits per heavy atom. The van der Waals surface area contributed by atoms with Gasteiger partial charge in [0.25, 0.3) is 0 Å². The zero-order chi connectivity index (χ0) is 35.4. The molecule has 13 N–H and O–H groups in total. The number of aliphatic hydroxyl groups excluding tert-OH is 5. The summed E-state index contributed by atoms with van der Waals surface area (Å²) in [5.74, 6) is 0. The van der Waals surface area contributed by atoms with E-state index >= 15 is 0 Å². The average molecular weight is 693 g/mol. The van der Waals surface area contributed by atoms with E-state index < -0.39 is 91.7 Å². The standard InChI is InChI=1S/C34H52N4O11/c1-16-3-7-18(8-4-16)13-44-15-23-32(45-14-19-9-5-17(2)6-10-19)24(38)26(40)33(47-23)48-30-20(36)11-21(37)31(29(30)43)49-34-28(42)27(41)25(39)22(12-35)46-34/h3-10,20-34,39-43H,11-15,35-38H2,1-2H3/t20-,21+,22-,23-,24-,25-,26-,27+,28-,29-,30+,31-,32-,33-,34-/m1/s1. The second kappa shape index (κ2) is 16.9. The van der Waals surface area contributed by atoms with Gasteiger partial charge in [-0.1, -0.05) is 59.7 Å². The molecule has 2 heterocycles. The molecule has 0 radical (unpaired) electrons. The summed E-state index contributed by atoms with van der Waals surface area (Å²) in [5.41, 5.74) is 29.0. The molecule has 274 valence electrons. The van der Waals surface area contributed by atoms with Gasteiger partial charge in [0.1, 0.15) is 61.0 Å². The largest absolute Gasteiger partial charge is 0.388 e. The minimum Gasteiger partial charge on any atom is -0.388 e. The number of hydrogen-bond donors (Lipinski definition) is 9. The number of ether oxygens (including phenoxy) is 6. The third-order valence-corrected chi connectivity index (χ3v) is 9.51. The highest BCUT2D eigenvalue weighted by Gasteiger charge is 2.52. The smallest absolute Gasteiger partial charge is 0.187 e. The minimum atomic E-state index is -1.66. The van der Waals surface area contributed by atoms with E-state index in [4.69, 9.17) is 51.4 Å². The Balaban J connectivity index is 1.29. The van der Waals surface area contributed by atoms with Crippen molar-refractivity contribution < 1.29 is 54.0 Å². The molecule has 3 fully saturated rings. The predicted octanol–water partition coefficient (Wildman–Crippen LogP) is -2.23. The van der Waals surface area contributed by atoms with Gasteiger partial charge in [-0.25, -0.2) is 0 Å². The molecule has 0 spiro atoms. The fourth-order valence-electron chi connectivity index (χ4n) is 6.45. The lowest BCUT2D eigenvalue weighted by Gasteiger charge is -2.48. The third kappa shape index (κ3) is 9.02. The molecule has 0 amide bonds. The Kier molecular flexibility index (Phi) is 13.1. The Morgan fingerprint density at radius 1 is 0.633 bits per heavy atom. The molecule has 3 aliphatic rings. The molecule has 1 aliphatic carbocycles. The van der Waals surface area contributed by atoms with Crippen LogP contribution in [0.3, 0.4) is 0 Å². The van der Waals surface area contributed by atoms with Crippen LogP contribution in [0.1, 0.15) is 28.7 Å². The van der Waals surface area contributed by atoms with Crippen LogP contribution in [0.5, 0.6) is 0 Å². The summed E-state index contributed by atoms with van der Waals surface area (Å²) in [7, 11) is 0. The fraction of sp³-hybridized carbons (Fsp3) is 0.647.